The highest BCUT2D eigenvalue weighted by molar-refractivity contribution is 5.85. The molecule has 6 nitrogen and oxygen atoms in total. The summed E-state index contributed by atoms with van der Waals surface area (Å²) in [6.07, 6.45) is 8.91. The van der Waals surface area contributed by atoms with E-state index < -0.39 is 5.79 Å². The molecule has 0 radical (unpaired) electrons. The summed E-state index contributed by atoms with van der Waals surface area (Å²) in [6, 6.07) is 18.7. The number of benzene rings is 2. The molecular formula is C26H32N6. The van der Waals surface area contributed by atoms with Crippen molar-refractivity contribution in [1.82, 2.24) is 20.5 Å². The highest BCUT2D eigenvalue weighted by Gasteiger charge is 2.29. The molecule has 0 bridgehead atoms. The van der Waals surface area contributed by atoms with Crippen molar-refractivity contribution >= 4 is 17.1 Å². The number of aromatic amines is 1. The van der Waals surface area contributed by atoms with Gasteiger partial charge in [-0.05, 0) is 68.7 Å². The standard InChI is InChI=1S/C26H32N6/c27-26(29-14-12-25(31-26)28-13-7-17-32-15-4-1-5-16-32)22-10-6-9-20(18-22)24-19-21-8-2-3-11-23(21)30-24/h2-3,6,8-12,14,18-19,28,30-31H,1,4-5,7,13,15-17,27H2. The number of H-pyrrole nitrogens is 1. The summed E-state index contributed by atoms with van der Waals surface area (Å²) in [6.45, 7) is 4.54. The predicted octanol–water partition coefficient (Wildman–Crippen LogP) is 3.88. The third-order valence-corrected chi connectivity index (χ3v) is 6.40. The molecule has 0 amide bonds. The molecule has 3 heterocycles. The quantitative estimate of drug-likeness (QED) is 0.431. The van der Waals surface area contributed by atoms with Crippen LogP contribution in [-0.2, 0) is 5.79 Å². The highest BCUT2D eigenvalue weighted by Crippen LogP contribution is 2.28. The summed E-state index contributed by atoms with van der Waals surface area (Å²) >= 11 is 0. The maximum Gasteiger partial charge on any atom is 0.210 e. The van der Waals surface area contributed by atoms with Crippen molar-refractivity contribution in [3.8, 4) is 11.3 Å². The van der Waals surface area contributed by atoms with Crippen molar-refractivity contribution in [2.45, 2.75) is 31.5 Å². The number of aromatic nitrogens is 1. The lowest BCUT2D eigenvalue weighted by atomic mass is 10.0. The third-order valence-electron chi connectivity index (χ3n) is 6.40. The number of nitrogens with zero attached hydrogens (tertiary/aromatic N) is 2. The van der Waals surface area contributed by atoms with E-state index in [0.29, 0.717) is 0 Å². The fraction of sp³-hybridized carbons (Fsp3) is 0.346. The Hall–Kier alpha value is -3.09. The summed E-state index contributed by atoms with van der Waals surface area (Å²) in [5, 5.41) is 8.09. The van der Waals surface area contributed by atoms with E-state index in [1.165, 1.54) is 37.7 Å². The first-order valence-corrected chi connectivity index (χ1v) is 11.7. The molecule has 1 aromatic heterocycles. The van der Waals surface area contributed by atoms with E-state index in [4.69, 9.17) is 5.73 Å². The van der Waals surface area contributed by atoms with E-state index in [1.807, 2.05) is 24.3 Å². The Labute approximate surface area is 189 Å². The number of aliphatic imine (C=N–C) groups is 1. The number of nitrogens with one attached hydrogen (secondary N) is 3. The number of hydrogen-bond donors (Lipinski definition) is 4. The number of nitrogens with two attached hydrogens (primary N) is 1. The predicted molar refractivity (Wildman–Crippen MR) is 132 cm³/mol. The first-order chi connectivity index (χ1) is 15.7. The van der Waals surface area contributed by atoms with Gasteiger partial charge in [0.25, 0.3) is 0 Å². The third kappa shape index (κ3) is 4.56. The van der Waals surface area contributed by atoms with Crippen molar-refractivity contribution in [3.63, 3.8) is 0 Å². The minimum absolute atomic E-state index is 0.911. The number of likely N-dealkylation sites (tertiary alicyclic amines) is 1. The minimum Gasteiger partial charge on any atom is -0.372 e. The Morgan fingerprint density at radius 3 is 2.78 bits per heavy atom. The first-order valence-electron chi connectivity index (χ1n) is 11.7. The van der Waals surface area contributed by atoms with Gasteiger partial charge in [0.15, 0.2) is 0 Å². The van der Waals surface area contributed by atoms with Gasteiger partial charge in [-0.15, -0.1) is 0 Å². The lowest BCUT2D eigenvalue weighted by molar-refractivity contribution is 0.226. The molecule has 1 atom stereocenters. The summed E-state index contributed by atoms with van der Waals surface area (Å²) < 4.78 is 0. The summed E-state index contributed by atoms with van der Waals surface area (Å²) in [5.41, 5.74) is 10.9. The maximum absolute atomic E-state index is 6.71. The van der Waals surface area contributed by atoms with Crippen molar-refractivity contribution in [2.24, 2.45) is 10.7 Å². The Kier molecular flexibility index (Phi) is 5.97. The Morgan fingerprint density at radius 1 is 1.03 bits per heavy atom. The van der Waals surface area contributed by atoms with Gasteiger partial charge in [-0.3, -0.25) is 5.73 Å². The first kappa shape index (κ1) is 20.8. The molecule has 166 valence electrons. The molecule has 2 aromatic carbocycles. The van der Waals surface area contributed by atoms with Gasteiger partial charge < -0.3 is 20.5 Å². The van der Waals surface area contributed by atoms with Gasteiger partial charge >= 0.3 is 0 Å². The second kappa shape index (κ2) is 9.18. The van der Waals surface area contributed by atoms with Gasteiger partial charge in [-0.2, -0.15) is 0 Å². The molecule has 2 aliphatic heterocycles. The van der Waals surface area contributed by atoms with Crippen LogP contribution in [0.15, 0.2) is 71.5 Å². The van der Waals surface area contributed by atoms with Gasteiger partial charge in [-0.25, -0.2) is 4.99 Å². The number of allylic oxidation sites excluding steroid dienone is 1. The smallest absolute Gasteiger partial charge is 0.210 e. The zero-order valence-electron chi connectivity index (χ0n) is 18.5. The summed E-state index contributed by atoms with van der Waals surface area (Å²) in [7, 11) is 0. The zero-order chi connectivity index (χ0) is 21.8. The van der Waals surface area contributed by atoms with Gasteiger partial charge in [0.2, 0.25) is 5.79 Å². The number of hydrogen-bond acceptors (Lipinski definition) is 5. The van der Waals surface area contributed by atoms with E-state index in [9.17, 15) is 0 Å². The van der Waals surface area contributed by atoms with E-state index in [-0.39, 0.29) is 0 Å². The van der Waals surface area contributed by atoms with Crippen LogP contribution in [0, 0.1) is 0 Å². The number of piperidine rings is 1. The van der Waals surface area contributed by atoms with Crippen LogP contribution in [0.3, 0.4) is 0 Å². The van der Waals surface area contributed by atoms with Gasteiger partial charge in [0.05, 0.1) is 0 Å². The SMILES string of the molecule is NC1(c2cccc(-c3cc4ccccc4[nH]3)c2)N=CC=C(NCCCN2CCCCC2)N1. The highest BCUT2D eigenvalue weighted by atomic mass is 15.3. The van der Waals surface area contributed by atoms with Crippen LogP contribution in [0.1, 0.15) is 31.2 Å². The Bertz CT molecular complexity index is 1090. The number of fused-ring (bicyclic) bond motifs is 1. The van der Waals surface area contributed by atoms with Crippen LogP contribution in [-0.4, -0.2) is 42.3 Å². The Morgan fingerprint density at radius 2 is 1.91 bits per heavy atom. The van der Waals surface area contributed by atoms with E-state index in [1.54, 1.807) is 6.21 Å². The zero-order valence-corrected chi connectivity index (χ0v) is 18.5. The largest absolute Gasteiger partial charge is 0.372 e. The van der Waals surface area contributed by atoms with E-state index >= 15 is 0 Å². The number of rotatable bonds is 7. The van der Waals surface area contributed by atoms with Crippen LogP contribution in [0.4, 0.5) is 0 Å². The molecule has 5 rings (SSSR count). The van der Waals surface area contributed by atoms with Crippen LogP contribution in [0.2, 0.25) is 0 Å². The number of para-hydroxylation sites is 1. The molecular weight excluding hydrogens is 396 g/mol. The fourth-order valence-electron chi connectivity index (χ4n) is 4.62. The molecule has 2 aliphatic rings. The van der Waals surface area contributed by atoms with Crippen molar-refractivity contribution in [1.29, 1.82) is 0 Å². The average molecular weight is 429 g/mol. The summed E-state index contributed by atoms with van der Waals surface area (Å²) in [5.74, 6) is -0.0800. The normalized spacial score (nSPS) is 21.3. The molecule has 3 aromatic rings. The second-order valence-corrected chi connectivity index (χ2v) is 8.78. The monoisotopic (exact) mass is 428 g/mol. The van der Waals surface area contributed by atoms with Crippen molar-refractivity contribution in [2.75, 3.05) is 26.2 Å². The maximum atomic E-state index is 6.71. The molecule has 0 spiro atoms. The lowest BCUT2D eigenvalue weighted by Crippen LogP contribution is -2.52. The molecule has 0 saturated carbocycles. The molecule has 1 fully saturated rings. The fourth-order valence-corrected chi connectivity index (χ4v) is 4.62. The van der Waals surface area contributed by atoms with Crippen LogP contribution in [0.5, 0.6) is 0 Å². The van der Waals surface area contributed by atoms with E-state index in [2.05, 4.69) is 61.9 Å². The van der Waals surface area contributed by atoms with Crippen LogP contribution < -0.4 is 16.4 Å². The molecule has 6 heteroatoms. The average Bonchev–Trinajstić information content (AvgIpc) is 3.27. The van der Waals surface area contributed by atoms with Crippen LogP contribution >= 0.6 is 0 Å². The molecule has 32 heavy (non-hydrogen) atoms. The van der Waals surface area contributed by atoms with Gasteiger partial charge in [0, 0.05) is 34.9 Å². The van der Waals surface area contributed by atoms with Gasteiger partial charge in [-0.1, -0.05) is 42.8 Å². The van der Waals surface area contributed by atoms with Crippen molar-refractivity contribution < 1.29 is 0 Å². The van der Waals surface area contributed by atoms with Gasteiger partial charge in [0.1, 0.15) is 5.82 Å². The lowest BCUT2D eigenvalue weighted by Gasteiger charge is -2.32. The summed E-state index contributed by atoms with van der Waals surface area (Å²) in [4.78, 5) is 10.6. The molecule has 1 unspecified atom stereocenters. The van der Waals surface area contributed by atoms with E-state index in [0.717, 1.165) is 47.7 Å². The Balaban J connectivity index is 1.24. The topological polar surface area (TPSA) is 81.5 Å². The van der Waals surface area contributed by atoms with Crippen molar-refractivity contribution in [3.05, 3.63) is 72.1 Å². The molecule has 0 aliphatic carbocycles. The molecule has 1 saturated heterocycles. The minimum atomic E-state index is -0.994. The second-order valence-electron chi connectivity index (χ2n) is 8.78. The van der Waals surface area contributed by atoms with Crippen LogP contribution in [0.25, 0.3) is 22.2 Å². The molecule has 5 N–H and O–H groups in total.